The highest BCUT2D eigenvalue weighted by molar-refractivity contribution is 4.79. The largest absolute Gasteiger partial charge is 0.396 e. The van der Waals surface area contributed by atoms with E-state index < -0.39 is 0 Å². The molecular weight excluding hydrogens is 162 g/mol. The molecule has 0 unspecified atom stereocenters. The first kappa shape index (κ1) is 12.7. The molecule has 0 fully saturated rings. The van der Waals surface area contributed by atoms with Gasteiger partial charge in [-0.2, -0.15) is 0 Å². The highest BCUT2D eigenvalue weighted by atomic mass is 16.3. The summed E-state index contributed by atoms with van der Waals surface area (Å²) in [6.07, 6.45) is 4.96. The van der Waals surface area contributed by atoms with Gasteiger partial charge in [0.05, 0.1) is 0 Å². The molecular formula is C11H23NO. The summed E-state index contributed by atoms with van der Waals surface area (Å²) in [4.78, 5) is 0. The van der Waals surface area contributed by atoms with E-state index in [1.54, 1.807) is 0 Å². The van der Waals surface area contributed by atoms with E-state index in [1.165, 1.54) is 0 Å². The van der Waals surface area contributed by atoms with Crippen molar-refractivity contribution in [2.45, 2.75) is 33.1 Å². The Morgan fingerprint density at radius 2 is 2.00 bits per heavy atom. The molecule has 0 saturated heterocycles. The Kier molecular flexibility index (Phi) is 6.92. The van der Waals surface area contributed by atoms with Crippen LogP contribution in [0.1, 0.15) is 33.1 Å². The zero-order chi connectivity index (χ0) is 10.2. The molecule has 0 aliphatic heterocycles. The van der Waals surface area contributed by atoms with Gasteiger partial charge in [-0.3, -0.25) is 0 Å². The lowest BCUT2D eigenvalue weighted by molar-refractivity contribution is 0.113. The number of nitrogens with one attached hydrogen (secondary N) is 1. The van der Waals surface area contributed by atoms with Crippen molar-refractivity contribution in [1.82, 2.24) is 5.32 Å². The van der Waals surface area contributed by atoms with Crippen LogP contribution in [0.2, 0.25) is 0 Å². The van der Waals surface area contributed by atoms with Crippen LogP contribution in [0.15, 0.2) is 12.7 Å². The number of aliphatic hydroxyl groups is 1. The van der Waals surface area contributed by atoms with Gasteiger partial charge in [-0.15, -0.1) is 6.58 Å². The van der Waals surface area contributed by atoms with Crippen molar-refractivity contribution in [2.75, 3.05) is 19.7 Å². The highest BCUT2D eigenvalue weighted by Crippen LogP contribution is 2.24. The second kappa shape index (κ2) is 7.10. The number of aliphatic hydroxyl groups excluding tert-OH is 1. The molecule has 0 spiro atoms. The third-order valence-electron chi connectivity index (χ3n) is 2.86. The normalized spacial score (nSPS) is 11.6. The predicted molar refractivity (Wildman–Crippen MR) is 57.8 cm³/mol. The molecule has 0 aliphatic rings. The van der Waals surface area contributed by atoms with Crippen LogP contribution in [0.3, 0.4) is 0 Å². The van der Waals surface area contributed by atoms with Crippen LogP contribution in [0.25, 0.3) is 0 Å². The number of rotatable bonds is 8. The summed E-state index contributed by atoms with van der Waals surface area (Å²) < 4.78 is 0. The second-order valence-electron chi connectivity index (χ2n) is 3.62. The minimum Gasteiger partial charge on any atom is -0.396 e. The fourth-order valence-electron chi connectivity index (χ4n) is 1.34. The van der Waals surface area contributed by atoms with Gasteiger partial charge in [-0.25, -0.2) is 0 Å². The molecule has 2 nitrogen and oxygen atoms in total. The van der Waals surface area contributed by atoms with Crippen LogP contribution in [0.5, 0.6) is 0 Å². The van der Waals surface area contributed by atoms with E-state index in [0.717, 1.165) is 32.4 Å². The lowest BCUT2D eigenvalue weighted by atomic mass is 9.83. The van der Waals surface area contributed by atoms with Crippen LogP contribution >= 0.6 is 0 Å². The Morgan fingerprint density at radius 1 is 1.38 bits per heavy atom. The van der Waals surface area contributed by atoms with Crippen LogP contribution in [0.4, 0.5) is 0 Å². The van der Waals surface area contributed by atoms with E-state index in [0.29, 0.717) is 0 Å². The van der Waals surface area contributed by atoms with Gasteiger partial charge in [0.2, 0.25) is 0 Å². The first-order chi connectivity index (χ1) is 6.24. The molecule has 0 aliphatic carbocycles. The number of hydrogen-bond donors (Lipinski definition) is 2. The molecule has 0 aromatic rings. The van der Waals surface area contributed by atoms with Crippen molar-refractivity contribution >= 4 is 0 Å². The third-order valence-corrected chi connectivity index (χ3v) is 2.86. The molecule has 0 rings (SSSR count). The van der Waals surface area contributed by atoms with Gasteiger partial charge in [0, 0.05) is 18.6 Å². The zero-order valence-corrected chi connectivity index (χ0v) is 8.97. The van der Waals surface area contributed by atoms with Crippen molar-refractivity contribution in [3.05, 3.63) is 12.7 Å². The molecule has 0 saturated carbocycles. The molecule has 0 amide bonds. The van der Waals surface area contributed by atoms with Gasteiger partial charge >= 0.3 is 0 Å². The minimum atomic E-state index is 0.0845. The SMILES string of the molecule is C=CCCNCC(CC)(CC)CO. The van der Waals surface area contributed by atoms with E-state index in [-0.39, 0.29) is 12.0 Å². The Bertz CT molecular complexity index is 122. The van der Waals surface area contributed by atoms with E-state index in [2.05, 4.69) is 25.7 Å². The van der Waals surface area contributed by atoms with Crippen LogP contribution in [-0.2, 0) is 0 Å². The lowest BCUT2D eigenvalue weighted by Gasteiger charge is -2.29. The molecule has 0 aromatic heterocycles. The Hall–Kier alpha value is -0.340. The number of hydrogen-bond acceptors (Lipinski definition) is 2. The summed E-state index contributed by atoms with van der Waals surface area (Å²) in [7, 11) is 0. The van der Waals surface area contributed by atoms with Crippen molar-refractivity contribution in [2.24, 2.45) is 5.41 Å². The fraction of sp³-hybridized carbons (Fsp3) is 0.818. The topological polar surface area (TPSA) is 32.3 Å². The summed E-state index contributed by atoms with van der Waals surface area (Å²) in [5, 5.41) is 12.6. The maximum absolute atomic E-state index is 9.27. The maximum Gasteiger partial charge on any atom is 0.0499 e. The zero-order valence-electron chi connectivity index (χ0n) is 8.97. The van der Waals surface area contributed by atoms with Crippen molar-refractivity contribution in [1.29, 1.82) is 0 Å². The lowest BCUT2D eigenvalue weighted by Crippen LogP contribution is -2.36. The molecule has 2 N–H and O–H groups in total. The smallest absolute Gasteiger partial charge is 0.0499 e. The first-order valence-electron chi connectivity index (χ1n) is 5.17. The molecule has 2 heteroatoms. The minimum absolute atomic E-state index is 0.0845. The predicted octanol–water partition coefficient (Wildman–Crippen LogP) is 1.95. The van der Waals surface area contributed by atoms with Crippen molar-refractivity contribution < 1.29 is 5.11 Å². The quantitative estimate of drug-likeness (QED) is 0.447. The molecule has 0 heterocycles. The molecule has 0 radical (unpaired) electrons. The van der Waals surface area contributed by atoms with Crippen molar-refractivity contribution in [3.63, 3.8) is 0 Å². The van der Waals surface area contributed by atoms with Gasteiger partial charge in [0.1, 0.15) is 0 Å². The van der Waals surface area contributed by atoms with Crippen LogP contribution < -0.4 is 5.32 Å². The first-order valence-corrected chi connectivity index (χ1v) is 5.17. The van der Waals surface area contributed by atoms with Crippen LogP contribution in [-0.4, -0.2) is 24.8 Å². The van der Waals surface area contributed by atoms with Gasteiger partial charge in [-0.05, 0) is 25.8 Å². The van der Waals surface area contributed by atoms with E-state index >= 15 is 0 Å². The van der Waals surface area contributed by atoms with Crippen molar-refractivity contribution in [3.8, 4) is 0 Å². The Labute approximate surface area is 82.0 Å². The average molecular weight is 185 g/mol. The second-order valence-corrected chi connectivity index (χ2v) is 3.62. The van der Waals surface area contributed by atoms with E-state index in [4.69, 9.17) is 0 Å². The molecule has 0 atom stereocenters. The van der Waals surface area contributed by atoms with Gasteiger partial charge < -0.3 is 10.4 Å². The summed E-state index contributed by atoms with van der Waals surface area (Å²) in [6.45, 7) is 10.1. The monoisotopic (exact) mass is 185 g/mol. The summed E-state index contributed by atoms with van der Waals surface area (Å²) in [6, 6.07) is 0. The highest BCUT2D eigenvalue weighted by Gasteiger charge is 2.24. The van der Waals surface area contributed by atoms with Gasteiger partial charge in [0.25, 0.3) is 0 Å². The van der Waals surface area contributed by atoms with Gasteiger partial charge in [-0.1, -0.05) is 19.9 Å². The maximum atomic E-state index is 9.27. The molecule has 0 bridgehead atoms. The molecule has 13 heavy (non-hydrogen) atoms. The summed E-state index contributed by atoms with van der Waals surface area (Å²) >= 11 is 0. The van der Waals surface area contributed by atoms with Gasteiger partial charge in [0.15, 0.2) is 0 Å². The molecule has 0 aromatic carbocycles. The average Bonchev–Trinajstić information content (AvgIpc) is 2.20. The Balaban J connectivity index is 3.74. The third kappa shape index (κ3) is 4.44. The summed E-state index contributed by atoms with van der Waals surface area (Å²) in [5.41, 5.74) is 0.0845. The standard InChI is InChI=1S/C11H23NO/c1-4-7-8-12-9-11(5-2,6-3)10-13/h4,12-13H,1,5-10H2,2-3H3. The molecule has 78 valence electrons. The van der Waals surface area contributed by atoms with Crippen LogP contribution in [0, 0.1) is 5.41 Å². The van der Waals surface area contributed by atoms with E-state index in [1.807, 2.05) is 6.08 Å². The van der Waals surface area contributed by atoms with E-state index in [9.17, 15) is 5.11 Å². The summed E-state index contributed by atoms with van der Waals surface area (Å²) in [5.74, 6) is 0. The Morgan fingerprint density at radius 3 is 2.38 bits per heavy atom. The fourth-order valence-corrected chi connectivity index (χ4v) is 1.34.